The average Bonchev–Trinajstić information content (AvgIpc) is 3.15. The minimum atomic E-state index is -0.0591. The van der Waals surface area contributed by atoms with Crippen molar-refractivity contribution in [2.45, 2.75) is 25.8 Å². The molecule has 5 nitrogen and oxygen atoms in total. The van der Waals surface area contributed by atoms with Crippen molar-refractivity contribution < 1.29 is 4.79 Å². The molecule has 2 aromatic carbocycles. The molecular formula is C21H28N4OS. The van der Waals surface area contributed by atoms with Gasteiger partial charge in [-0.25, -0.2) is 5.01 Å². The Morgan fingerprint density at radius 1 is 1.15 bits per heavy atom. The highest BCUT2D eigenvalue weighted by atomic mass is 32.1. The van der Waals surface area contributed by atoms with Gasteiger partial charge < -0.3 is 10.6 Å². The summed E-state index contributed by atoms with van der Waals surface area (Å²) in [5.41, 5.74) is 10.7. The van der Waals surface area contributed by atoms with E-state index in [0.29, 0.717) is 12.8 Å². The summed E-state index contributed by atoms with van der Waals surface area (Å²) in [5.74, 6) is 0.0344. The average molecular weight is 385 g/mol. The predicted octanol–water partition coefficient (Wildman–Crippen LogP) is 3.97. The fourth-order valence-electron chi connectivity index (χ4n) is 3.01. The van der Waals surface area contributed by atoms with Gasteiger partial charge in [-0.05, 0) is 41.6 Å². The van der Waals surface area contributed by atoms with Gasteiger partial charge in [-0.3, -0.25) is 4.79 Å². The van der Waals surface area contributed by atoms with Crippen LogP contribution in [-0.2, 0) is 4.79 Å². The summed E-state index contributed by atoms with van der Waals surface area (Å²) < 4.78 is 0. The summed E-state index contributed by atoms with van der Waals surface area (Å²) in [7, 11) is 4.03. The first kappa shape index (κ1) is 20.8. The molecule has 0 saturated heterocycles. The maximum Gasteiger partial charge on any atom is 0.242 e. The van der Waals surface area contributed by atoms with Gasteiger partial charge in [-0.15, -0.1) is 0 Å². The van der Waals surface area contributed by atoms with Crippen LogP contribution in [0.2, 0.25) is 0 Å². The second-order valence-corrected chi connectivity index (χ2v) is 6.47. The van der Waals surface area contributed by atoms with E-state index in [4.69, 9.17) is 5.73 Å². The van der Waals surface area contributed by atoms with Crippen molar-refractivity contribution in [3.63, 3.8) is 0 Å². The number of carbonyl (C=O) groups excluding carboxylic acids is 1. The van der Waals surface area contributed by atoms with Gasteiger partial charge in [-0.1, -0.05) is 31.2 Å². The van der Waals surface area contributed by atoms with Crippen LogP contribution in [0.5, 0.6) is 0 Å². The molecule has 0 aliphatic carbocycles. The smallest absolute Gasteiger partial charge is 0.242 e. The van der Waals surface area contributed by atoms with Gasteiger partial charge in [0.2, 0.25) is 5.91 Å². The van der Waals surface area contributed by atoms with Crippen LogP contribution in [-0.4, -0.2) is 37.0 Å². The lowest BCUT2D eigenvalue weighted by Gasteiger charge is -2.22. The monoisotopic (exact) mass is 384 g/mol. The van der Waals surface area contributed by atoms with Gasteiger partial charge in [-0.2, -0.15) is 17.7 Å². The number of hydrogen-bond acceptors (Lipinski definition) is 5. The van der Waals surface area contributed by atoms with E-state index in [0.717, 1.165) is 28.2 Å². The summed E-state index contributed by atoms with van der Waals surface area (Å²) in [4.78, 5) is 14.5. The molecular weight excluding hydrogens is 356 g/mol. The van der Waals surface area contributed by atoms with Gasteiger partial charge >= 0.3 is 0 Å². The van der Waals surface area contributed by atoms with Gasteiger partial charge in [0.05, 0.1) is 11.8 Å². The van der Waals surface area contributed by atoms with Gasteiger partial charge in [0.15, 0.2) is 0 Å². The number of rotatable bonds is 4. The maximum atomic E-state index is 12.4. The third-order valence-electron chi connectivity index (χ3n) is 4.51. The van der Waals surface area contributed by atoms with Crippen LogP contribution < -0.4 is 10.6 Å². The van der Waals surface area contributed by atoms with Crippen LogP contribution in [0, 0.1) is 0 Å². The topological polar surface area (TPSA) is 61.9 Å². The van der Waals surface area contributed by atoms with E-state index in [2.05, 4.69) is 46.9 Å². The highest BCUT2D eigenvalue weighted by Gasteiger charge is 2.32. The van der Waals surface area contributed by atoms with Crippen molar-refractivity contribution in [3.05, 3.63) is 59.7 Å². The van der Waals surface area contributed by atoms with Gasteiger partial charge in [0.1, 0.15) is 0 Å². The minimum absolute atomic E-state index is 0.0344. The van der Waals surface area contributed by atoms with Crippen molar-refractivity contribution >= 4 is 35.6 Å². The molecule has 0 bridgehead atoms. The van der Waals surface area contributed by atoms with E-state index in [1.165, 1.54) is 0 Å². The zero-order valence-electron chi connectivity index (χ0n) is 16.4. The Bertz CT molecular complexity index is 785. The molecule has 1 aliphatic heterocycles. The molecule has 3 rings (SSSR count). The second kappa shape index (κ2) is 9.46. The van der Waals surface area contributed by atoms with E-state index in [1.807, 2.05) is 45.3 Å². The van der Waals surface area contributed by atoms with E-state index >= 15 is 0 Å². The lowest BCUT2D eigenvalue weighted by Crippen LogP contribution is -2.26. The zero-order chi connectivity index (χ0) is 20.0. The van der Waals surface area contributed by atoms with E-state index in [1.54, 1.807) is 11.3 Å². The Balaban J connectivity index is 0.00000126. The zero-order valence-corrected chi connectivity index (χ0v) is 17.3. The number of benzene rings is 2. The molecule has 1 amide bonds. The molecule has 0 radical (unpaired) electrons. The number of thiol groups is 1. The summed E-state index contributed by atoms with van der Waals surface area (Å²) in [6, 6.07) is 15.9. The second-order valence-electron chi connectivity index (χ2n) is 6.47. The van der Waals surface area contributed by atoms with Crippen LogP contribution >= 0.6 is 12.6 Å². The van der Waals surface area contributed by atoms with Gasteiger partial charge in [0.25, 0.3) is 0 Å². The van der Waals surface area contributed by atoms with E-state index < -0.39 is 0 Å². The molecule has 0 aromatic heterocycles. The van der Waals surface area contributed by atoms with Crippen molar-refractivity contribution in [1.29, 1.82) is 0 Å². The highest BCUT2D eigenvalue weighted by molar-refractivity contribution is 7.79. The summed E-state index contributed by atoms with van der Waals surface area (Å²) >= 11 is 3.53. The molecule has 1 aliphatic rings. The Labute approximate surface area is 167 Å². The Morgan fingerprint density at radius 3 is 2.26 bits per heavy atom. The van der Waals surface area contributed by atoms with Crippen LogP contribution in [0.15, 0.2) is 53.6 Å². The first-order valence-electron chi connectivity index (χ1n) is 8.97. The fraction of sp³-hybridized carbons (Fsp3) is 0.333. The summed E-state index contributed by atoms with van der Waals surface area (Å²) in [6.07, 6.45) is 2.84. The van der Waals surface area contributed by atoms with Crippen molar-refractivity contribution in [1.82, 2.24) is 5.01 Å². The molecule has 0 spiro atoms. The van der Waals surface area contributed by atoms with Gasteiger partial charge in [0, 0.05) is 38.3 Å². The largest absolute Gasteiger partial charge is 0.399 e. The quantitative estimate of drug-likeness (QED) is 0.619. The lowest BCUT2D eigenvalue weighted by atomic mass is 9.98. The number of nitrogen functional groups attached to an aromatic ring is 1. The number of anilines is 2. The predicted molar refractivity (Wildman–Crippen MR) is 118 cm³/mol. The summed E-state index contributed by atoms with van der Waals surface area (Å²) in [5, 5.41) is 6.26. The molecule has 2 aromatic rings. The molecule has 6 heteroatoms. The third-order valence-corrected chi connectivity index (χ3v) is 4.51. The molecule has 1 heterocycles. The van der Waals surface area contributed by atoms with Crippen LogP contribution in [0.25, 0.3) is 0 Å². The van der Waals surface area contributed by atoms with Crippen molar-refractivity contribution in [2.24, 2.45) is 5.10 Å². The molecule has 1 atom stereocenters. The van der Waals surface area contributed by atoms with Crippen molar-refractivity contribution in [2.75, 3.05) is 31.0 Å². The van der Waals surface area contributed by atoms with Crippen LogP contribution in [0.3, 0.4) is 0 Å². The number of hydrogen-bond donors (Lipinski definition) is 2. The Morgan fingerprint density at radius 2 is 1.74 bits per heavy atom. The normalized spacial score (nSPS) is 15.7. The van der Waals surface area contributed by atoms with Crippen LogP contribution in [0.4, 0.5) is 11.4 Å². The number of amides is 1. The Hall–Kier alpha value is -2.47. The first-order chi connectivity index (χ1) is 13.0. The number of nitrogens with two attached hydrogens (primary N) is 1. The third kappa shape index (κ3) is 4.83. The fourth-order valence-corrected chi connectivity index (χ4v) is 3.01. The van der Waals surface area contributed by atoms with Crippen LogP contribution in [0.1, 0.15) is 36.9 Å². The summed E-state index contributed by atoms with van der Waals surface area (Å²) in [6.45, 7) is 1.87. The highest BCUT2D eigenvalue weighted by Crippen LogP contribution is 2.34. The maximum absolute atomic E-state index is 12.4. The minimum Gasteiger partial charge on any atom is -0.399 e. The molecule has 1 unspecified atom stereocenters. The number of nitrogens with zero attached hydrogens (tertiary/aromatic N) is 3. The van der Waals surface area contributed by atoms with E-state index in [9.17, 15) is 4.79 Å². The van der Waals surface area contributed by atoms with E-state index in [-0.39, 0.29) is 11.9 Å². The SMILES string of the molecule is CCC(=O)N1N=C(c2ccc(N)cc2)CC1c1ccc(N(C)C)cc1.CS. The first-order valence-corrected chi connectivity index (χ1v) is 9.86. The molecule has 27 heavy (non-hydrogen) atoms. The lowest BCUT2D eigenvalue weighted by molar-refractivity contribution is -0.132. The van der Waals surface area contributed by atoms with Crippen molar-refractivity contribution in [3.8, 4) is 0 Å². The molecule has 2 N–H and O–H groups in total. The Kier molecular flexibility index (Phi) is 7.30. The molecule has 0 fully saturated rings. The number of carbonyl (C=O) groups is 1. The number of hydrazone groups is 1. The molecule has 0 saturated carbocycles. The standard InChI is InChI=1S/C20H24N4O.CH4S/c1-4-20(25)24-19(15-7-11-17(12-8-15)23(2)3)13-18(22-24)14-5-9-16(21)10-6-14;1-2/h5-12,19H,4,13,21H2,1-3H3;2H,1H3. The molecule has 144 valence electrons.